The number of anilines is 1. The number of carbonyl (C=O) groups is 2. The van der Waals surface area contributed by atoms with Gasteiger partial charge in [0.25, 0.3) is 5.91 Å². The maximum absolute atomic E-state index is 12.5. The summed E-state index contributed by atoms with van der Waals surface area (Å²) in [5.41, 5.74) is 3.63. The molecule has 0 saturated heterocycles. The van der Waals surface area contributed by atoms with Crippen molar-refractivity contribution in [1.82, 2.24) is 4.98 Å². The number of amides is 1. The second-order valence-corrected chi connectivity index (χ2v) is 7.55. The fourth-order valence-corrected chi connectivity index (χ4v) is 4.16. The number of benzene rings is 2. The summed E-state index contributed by atoms with van der Waals surface area (Å²) in [5.74, 6) is 0.0514. The highest BCUT2D eigenvalue weighted by molar-refractivity contribution is 7.17. The lowest BCUT2D eigenvalue weighted by atomic mass is 9.85. The van der Waals surface area contributed by atoms with Crippen LogP contribution in [0, 0.1) is 6.92 Å². The molecule has 4 nitrogen and oxygen atoms in total. The topological polar surface area (TPSA) is 59.1 Å². The summed E-state index contributed by atoms with van der Waals surface area (Å²) in [5, 5.41) is 3.31. The summed E-state index contributed by atoms with van der Waals surface area (Å²) in [6, 6.07) is 17.4. The number of thiazole rings is 1. The van der Waals surface area contributed by atoms with Crippen molar-refractivity contribution >= 4 is 28.2 Å². The van der Waals surface area contributed by atoms with E-state index in [2.05, 4.69) is 22.4 Å². The molecule has 1 aliphatic carbocycles. The molecule has 0 bridgehead atoms. The fraction of sp³-hybridized carbons (Fsp3) is 0.190. The normalized spacial score (nSPS) is 16.2. The van der Waals surface area contributed by atoms with Crippen LogP contribution in [0.3, 0.4) is 0 Å². The molecule has 4 rings (SSSR count). The predicted octanol–water partition coefficient (Wildman–Crippen LogP) is 4.62. The van der Waals surface area contributed by atoms with Crippen molar-refractivity contribution in [2.45, 2.75) is 25.7 Å². The van der Waals surface area contributed by atoms with E-state index in [4.69, 9.17) is 0 Å². The first-order valence-corrected chi connectivity index (χ1v) is 9.37. The van der Waals surface area contributed by atoms with Gasteiger partial charge in [-0.15, -0.1) is 0 Å². The number of aryl methyl sites for hydroxylation is 1. The van der Waals surface area contributed by atoms with Crippen LogP contribution < -0.4 is 5.32 Å². The van der Waals surface area contributed by atoms with Gasteiger partial charge >= 0.3 is 0 Å². The minimum Gasteiger partial charge on any atom is -0.298 e. The first-order chi connectivity index (χ1) is 12.6. The highest BCUT2D eigenvalue weighted by atomic mass is 32.1. The Bertz CT molecular complexity index is 961. The number of nitrogens with one attached hydrogen (secondary N) is 1. The van der Waals surface area contributed by atoms with E-state index < -0.39 is 0 Å². The lowest BCUT2D eigenvalue weighted by molar-refractivity contribution is 0.0967. The lowest BCUT2D eigenvalue weighted by Gasteiger charge is -2.20. The van der Waals surface area contributed by atoms with Crippen LogP contribution in [-0.4, -0.2) is 16.7 Å². The van der Waals surface area contributed by atoms with Crippen LogP contribution in [0.1, 0.15) is 49.2 Å². The molecule has 130 valence electrons. The lowest BCUT2D eigenvalue weighted by Crippen LogP contribution is -2.17. The number of rotatable bonds is 3. The average molecular weight is 362 g/mol. The van der Waals surface area contributed by atoms with E-state index in [1.165, 1.54) is 11.3 Å². The summed E-state index contributed by atoms with van der Waals surface area (Å²) < 4.78 is 0. The molecule has 1 amide bonds. The van der Waals surface area contributed by atoms with E-state index in [-0.39, 0.29) is 17.6 Å². The third kappa shape index (κ3) is 3.30. The number of fused-ring (bicyclic) bond motifs is 1. The van der Waals surface area contributed by atoms with E-state index in [1.54, 1.807) is 12.1 Å². The van der Waals surface area contributed by atoms with Gasteiger partial charge in [-0.05, 0) is 37.0 Å². The van der Waals surface area contributed by atoms with Crippen molar-refractivity contribution in [3.05, 3.63) is 81.9 Å². The Labute approximate surface area is 155 Å². The first-order valence-electron chi connectivity index (χ1n) is 8.56. The molecule has 0 unspecified atom stereocenters. The van der Waals surface area contributed by atoms with E-state index in [0.717, 1.165) is 23.2 Å². The molecule has 0 saturated carbocycles. The summed E-state index contributed by atoms with van der Waals surface area (Å²) in [6.07, 6.45) is 1.21. The number of carbonyl (C=O) groups excluding carboxylic acids is 2. The zero-order valence-corrected chi connectivity index (χ0v) is 15.2. The van der Waals surface area contributed by atoms with Crippen molar-refractivity contribution in [2.75, 3.05) is 5.32 Å². The zero-order chi connectivity index (χ0) is 18.1. The van der Waals surface area contributed by atoms with Crippen molar-refractivity contribution < 1.29 is 9.59 Å². The monoisotopic (exact) mass is 362 g/mol. The molecule has 0 aliphatic heterocycles. The maximum atomic E-state index is 12.5. The average Bonchev–Trinajstić information content (AvgIpc) is 3.06. The van der Waals surface area contributed by atoms with Gasteiger partial charge in [0.2, 0.25) is 0 Å². The Balaban J connectivity index is 1.54. The SMILES string of the molecule is Cc1ccc(C(=O)Nc2nc3c(s2)C(=O)C[C@@H](c2ccccc2)C3)cc1. The highest BCUT2D eigenvalue weighted by Gasteiger charge is 2.30. The van der Waals surface area contributed by atoms with E-state index >= 15 is 0 Å². The van der Waals surface area contributed by atoms with Crippen LogP contribution in [0.15, 0.2) is 54.6 Å². The van der Waals surface area contributed by atoms with Gasteiger partial charge < -0.3 is 0 Å². The van der Waals surface area contributed by atoms with Gasteiger partial charge in [0, 0.05) is 12.0 Å². The highest BCUT2D eigenvalue weighted by Crippen LogP contribution is 2.36. The molecular weight excluding hydrogens is 344 g/mol. The Morgan fingerprint density at radius 2 is 1.81 bits per heavy atom. The molecule has 0 spiro atoms. The molecule has 0 fully saturated rings. The zero-order valence-electron chi connectivity index (χ0n) is 14.4. The maximum Gasteiger partial charge on any atom is 0.257 e. The van der Waals surface area contributed by atoms with Gasteiger partial charge in [-0.1, -0.05) is 59.4 Å². The van der Waals surface area contributed by atoms with Crippen molar-refractivity contribution in [2.24, 2.45) is 0 Å². The first kappa shape index (κ1) is 16.7. The van der Waals surface area contributed by atoms with Crippen LogP contribution in [0.25, 0.3) is 0 Å². The van der Waals surface area contributed by atoms with Gasteiger partial charge in [0.15, 0.2) is 10.9 Å². The predicted molar refractivity (Wildman–Crippen MR) is 103 cm³/mol. The van der Waals surface area contributed by atoms with Crippen LogP contribution in [-0.2, 0) is 6.42 Å². The molecule has 1 aliphatic rings. The smallest absolute Gasteiger partial charge is 0.257 e. The third-order valence-electron chi connectivity index (χ3n) is 4.63. The summed E-state index contributed by atoms with van der Waals surface area (Å²) in [6.45, 7) is 1.98. The van der Waals surface area contributed by atoms with Crippen molar-refractivity contribution in [1.29, 1.82) is 0 Å². The molecule has 3 aromatic rings. The number of nitrogens with zero attached hydrogens (tertiary/aromatic N) is 1. The Morgan fingerprint density at radius 1 is 1.08 bits per heavy atom. The second kappa shape index (κ2) is 6.84. The minimum atomic E-state index is -0.205. The van der Waals surface area contributed by atoms with Crippen molar-refractivity contribution in [3.8, 4) is 0 Å². The van der Waals surface area contributed by atoms with Gasteiger partial charge in [-0.25, -0.2) is 4.98 Å². The standard InChI is InChI=1S/C21H18N2O2S/c1-13-7-9-15(10-8-13)20(25)23-21-22-17-11-16(12-18(24)19(17)26-21)14-5-3-2-4-6-14/h2-10,16H,11-12H2,1H3,(H,22,23,25)/t16-/m0/s1. The number of aromatic nitrogens is 1. The number of Topliss-reactive ketones (excluding diaryl/α,β-unsaturated/α-hetero) is 1. The van der Waals surface area contributed by atoms with E-state index in [0.29, 0.717) is 22.0 Å². The van der Waals surface area contributed by atoms with Gasteiger partial charge in [-0.2, -0.15) is 0 Å². The number of hydrogen-bond acceptors (Lipinski definition) is 4. The molecular formula is C21H18N2O2S. The van der Waals surface area contributed by atoms with Gasteiger partial charge in [0.1, 0.15) is 0 Å². The summed E-state index contributed by atoms with van der Waals surface area (Å²) >= 11 is 1.27. The summed E-state index contributed by atoms with van der Waals surface area (Å²) in [4.78, 5) is 30.1. The van der Waals surface area contributed by atoms with Crippen LogP contribution in [0.2, 0.25) is 0 Å². The third-order valence-corrected chi connectivity index (χ3v) is 5.68. The molecule has 26 heavy (non-hydrogen) atoms. The second-order valence-electron chi connectivity index (χ2n) is 6.55. The van der Waals surface area contributed by atoms with Gasteiger partial charge in [-0.3, -0.25) is 14.9 Å². The Hall–Kier alpha value is -2.79. The molecule has 1 heterocycles. The minimum absolute atomic E-state index is 0.105. The van der Waals surface area contributed by atoms with E-state index in [9.17, 15) is 9.59 Å². The number of ketones is 1. The largest absolute Gasteiger partial charge is 0.298 e. The molecule has 5 heteroatoms. The van der Waals surface area contributed by atoms with Crippen LogP contribution in [0.5, 0.6) is 0 Å². The van der Waals surface area contributed by atoms with Crippen LogP contribution >= 0.6 is 11.3 Å². The molecule has 2 aromatic carbocycles. The quantitative estimate of drug-likeness (QED) is 0.740. The molecule has 0 radical (unpaired) electrons. The Kier molecular flexibility index (Phi) is 4.39. The Morgan fingerprint density at radius 3 is 2.54 bits per heavy atom. The molecule has 1 aromatic heterocycles. The number of hydrogen-bond donors (Lipinski definition) is 1. The molecule has 1 atom stereocenters. The van der Waals surface area contributed by atoms with Crippen LogP contribution in [0.4, 0.5) is 5.13 Å². The fourth-order valence-electron chi connectivity index (χ4n) is 3.22. The van der Waals surface area contributed by atoms with Crippen molar-refractivity contribution in [3.63, 3.8) is 0 Å². The van der Waals surface area contributed by atoms with E-state index in [1.807, 2.05) is 37.3 Å². The molecule has 1 N–H and O–H groups in total. The summed E-state index contributed by atoms with van der Waals surface area (Å²) in [7, 11) is 0. The van der Waals surface area contributed by atoms with Gasteiger partial charge in [0.05, 0.1) is 10.6 Å².